The number of halogens is 2. The lowest BCUT2D eigenvalue weighted by Crippen LogP contribution is -2.08. The minimum atomic E-state index is -0.970. The average Bonchev–Trinajstić information content (AvgIpc) is 3.71. The molecule has 13 nitrogen and oxygen atoms in total. The lowest BCUT2D eigenvalue weighted by atomic mass is 10.1. The second-order valence-corrected chi connectivity index (χ2v) is 11.2. The highest BCUT2D eigenvalue weighted by atomic mass is 19.1. The molecule has 4 aromatic heterocycles. The van der Waals surface area contributed by atoms with Crippen LogP contribution >= 0.6 is 0 Å². The highest BCUT2D eigenvalue weighted by Crippen LogP contribution is 2.28. The van der Waals surface area contributed by atoms with Crippen molar-refractivity contribution in [1.29, 1.82) is 5.26 Å². The Morgan fingerprint density at radius 2 is 1.37 bits per heavy atom. The number of methoxy groups -OCH3 is 2. The molecule has 51 heavy (non-hydrogen) atoms. The number of carboxylic acid groups (broad SMARTS) is 1. The largest absolute Gasteiger partial charge is 0.494 e. The van der Waals surface area contributed by atoms with Crippen LogP contribution in [0.25, 0.3) is 66.4 Å². The van der Waals surface area contributed by atoms with Crippen LogP contribution in [0, 0.1) is 23.0 Å². The number of nitriles is 1. The number of hydrogen-bond acceptors (Lipinski definition) is 10. The number of ether oxygens (including phenoxy) is 2. The molecule has 0 bridgehead atoms. The summed E-state index contributed by atoms with van der Waals surface area (Å²) >= 11 is 0. The number of aromatic nitrogens is 8. The molecule has 4 aromatic carbocycles. The summed E-state index contributed by atoms with van der Waals surface area (Å²) in [5.74, 6) is -1.56. The van der Waals surface area contributed by atoms with E-state index in [1.54, 1.807) is 59.8 Å². The minimum Gasteiger partial charge on any atom is -0.494 e. The standard InChI is InChI=1S/C18H12FN5O.C18H13FN4O3/c1-25-18-3-2-11(6-13(18)19)16-10-21-14-7-12-9-22-24(5-4-20)17(12)8-15(14)23-16;1-26-17-3-2-10(4-12(17)19)16-7-20-14-5-11-8-23(9-18(24)25)22-13(11)6-15(14)21-16/h2-3,6-10H,5H2,1H3;2-8H,9H2,1H3,(H,24,25). The zero-order chi connectivity index (χ0) is 35.6. The van der Waals surface area contributed by atoms with Gasteiger partial charge in [-0.15, -0.1) is 0 Å². The van der Waals surface area contributed by atoms with Crippen LogP contribution in [0.2, 0.25) is 0 Å². The molecule has 0 aliphatic heterocycles. The Morgan fingerprint density at radius 1 is 0.784 bits per heavy atom. The number of fused-ring (bicyclic) bond motifs is 4. The van der Waals surface area contributed by atoms with E-state index < -0.39 is 17.6 Å². The van der Waals surface area contributed by atoms with Gasteiger partial charge in [-0.2, -0.15) is 15.5 Å². The molecule has 8 rings (SSSR count). The van der Waals surface area contributed by atoms with Crippen molar-refractivity contribution in [3.05, 3.63) is 97.1 Å². The summed E-state index contributed by atoms with van der Waals surface area (Å²) in [7, 11) is 2.83. The fourth-order valence-electron chi connectivity index (χ4n) is 5.51. The number of carbonyl (C=O) groups is 1. The van der Waals surface area contributed by atoms with Crippen LogP contribution in [0.1, 0.15) is 0 Å². The molecule has 0 atom stereocenters. The monoisotopic (exact) mass is 685 g/mol. The van der Waals surface area contributed by atoms with Crippen molar-refractivity contribution in [3.8, 4) is 40.1 Å². The Balaban J connectivity index is 0.000000159. The Morgan fingerprint density at radius 3 is 1.92 bits per heavy atom. The van der Waals surface area contributed by atoms with Crippen LogP contribution < -0.4 is 9.47 Å². The quantitative estimate of drug-likeness (QED) is 0.203. The van der Waals surface area contributed by atoms with Crippen molar-refractivity contribution < 1.29 is 28.2 Å². The van der Waals surface area contributed by atoms with E-state index in [0.717, 1.165) is 16.3 Å². The fourth-order valence-corrected chi connectivity index (χ4v) is 5.51. The molecule has 0 aliphatic rings. The predicted molar refractivity (Wildman–Crippen MR) is 183 cm³/mol. The number of rotatable bonds is 7. The minimum absolute atomic E-state index is 0.159. The first kappa shape index (κ1) is 32.5. The third kappa shape index (κ3) is 6.53. The second-order valence-electron chi connectivity index (χ2n) is 11.2. The maximum atomic E-state index is 13.9. The molecular weight excluding hydrogens is 660 g/mol. The van der Waals surface area contributed by atoms with Crippen molar-refractivity contribution in [2.75, 3.05) is 14.2 Å². The first-order valence-corrected chi connectivity index (χ1v) is 15.3. The van der Waals surface area contributed by atoms with Gasteiger partial charge in [0.1, 0.15) is 13.1 Å². The van der Waals surface area contributed by atoms with Gasteiger partial charge in [0.2, 0.25) is 0 Å². The summed E-state index contributed by atoms with van der Waals surface area (Å²) in [5.41, 5.74) is 6.28. The fraction of sp³-hybridized carbons (Fsp3) is 0.111. The molecule has 8 aromatic rings. The smallest absolute Gasteiger partial charge is 0.325 e. The molecular formula is C36H25F2N9O4. The molecule has 0 saturated carbocycles. The Bertz CT molecular complexity index is 2670. The molecule has 0 radical (unpaired) electrons. The molecule has 0 unspecified atom stereocenters. The highest BCUT2D eigenvalue weighted by Gasteiger charge is 2.12. The first-order chi connectivity index (χ1) is 24.7. The van der Waals surface area contributed by atoms with E-state index in [0.29, 0.717) is 50.1 Å². The summed E-state index contributed by atoms with van der Waals surface area (Å²) in [5, 5.41) is 27.9. The number of benzene rings is 4. The van der Waals surface area contributed by atoms with Gasteiger partial charge in [0, 0.05) is 28.1 Å². The van der Waals surface area contributed by atoms with Crippen molar-refractivity contribution in [2.45, 2.75) is 13.1 Å². The zero-order valence-electron chi connectivity index (χ0n) is 26.9. The Hall–Kier alpha value is -7.08. The van der Waals surface area contributed by atoms with E-state index in [1.165, 1.54) is 37.1 Å². The molecule has 0 aliphatic carbocycles. The van der Waals surface area contributed by atoms with E-state index >= 15 is 0 Å². The van der Waals surface area contributed by atoms with Crippen LogP contribution in [-0.2, 0) is 17.9 Å². The number of aliphatic carboxylic acids is 1. The van der Waals surface area contributed by atoms with Crippen molar-refractivity contribution in [1.82, 2.24) is 39.5 Å². The van der Waals surface area contributed by atoms with Gasteiger partial charge in [-0.1, -0.05) is 0 Å². The van der Waals surface area contributed by atoms with Crippen LogP contribution in [0.3, 0.4) is 0 Å². The van der Waals surface area contributed by atoms with Gasteiger partial charge in [0.05, 0.1) is 83.4 Å². The Kier molecular flexibility index (Phi) is 8.55. The number of hydrogen-bond donors (Lipinski definition) is 1. The van der Waals surface area contributed by atoms with E-state index in [2.05, 4.69) is 36.2 Å². The van der Waals surface area contributed by atoms with E-state index in [-0.39, 0.29) is 24.6 Å². The predicted octanol–water partition coefficient (Wildman–Crippen LogP) is 6.20. The average molecular weight is 686 g/mol. The van der Waals surface area contributed by atoms with E-state index in [9.17, 15) is 13.6 Å². The maximum Gasteiger partial charge on any atom is 0.325 e. The van der Waals surface area contributed by atoms with E-state index in [1.807, 2.05) is 12.1 Å². The Labute approximate surface area is 287 Å². The first-order valence-electron chi connectivity index (χ1n) is 15.3. The molecule has 0 saturated heterocycles. The third-order valence-electron chi connectivity index (χ3n) is 7.93. The van der Waals surface area contributed by atoms with Gasteiger partial charge in [0.25, 0.3) is 0 Å². The zero-order valence-corrected chi connectivity index (χ0v) is 26.9. The molecule has 4 heterocycles. The molecule has 0 fully saturated rings. The lowest BCUT2D eigenvalue weighted by molar-refractivity contribution is -0.137. The normalized spacial score (nSPS) is 11.0. The number of nitrogens with zero attached hydrogens (tertiary/aromatic N) is 9. The second kappa shape index (κ2) is 13.4. The maximum absolute atomic E-state index is 13.9. The van der Waals surface area contributed by atoms with E-state index in [4.69, 9.17) is 19.8 Å². The summed E-state index contributed by atoms with van der Waals surface area (Å²) in [4.78, 5) is 28.7. The van der Waals surface area contributed by atoms with Gasteiger partial charge in [-0.3, -0.25) is 24.1 Å². The molecule has 0 spiro atoms. The summed E-state index contributed by atoms with van der Waals surface area (Å²) in [6, 6.07) is 18.6. The van der Waals surface area contributed by atoms with Gasteiger partial charge in [0.15, 0.2) is 23.1 Å². The van der Waals surface area contributed by atoms with Crippen molar-refractivity contribution >= 4 is 49.8 Å². The van der Waals surface area contributed by atoms with Crippen molar-refractivity contribution in [3.63, 3.8) is 0 Å². The topological polar surface area (TPSA) is 167 Å². The number of carboxylic acids is 1. The van der Waals surface area contributed by atoms with Crippen LogP contribution in [0.4, 0.5) is 8.78 Å². The van der Waals surface area contributed by atoms with Gasteiger partial charge >= 0.3 is 5.97 Å². The van der Waals surface area contributed by atoms with Crippen molar-refractivity contribution in [2.24, 2.45) is 0 Å². The third-order valence-corrected chi connectivity index (χ3v) is 7.93. The van der Waals surface area contributed by atoms with Crippen LogP contribution in [-0.4, -0.2) is 64.8 Å². The van der Waals surface area contributed by atoms with Crippen LogP contribution in [0.5, 0.6) is 11.5 Å². The van der Waals surface area contributed by atoms with Gasteiger partial charge in [-0.05, 0) is 60.7 Å². The summed E-state index contributed by atoms with van der Waals surface area (Å²) < 4.78 is 40.7. The molecule has 0 amide bonds. The molecule has 252 valence electrons. The lowest BCUT2D eigenvalue weighted by Gasteiger charge is -2.06. The summed E-state index contributed by atoms with van der Waals surface area (Å²) in [6.07, 6.45) is 6.52. The van der Waals surface area contributed by atoms with Gasteiger partial charge in [-0.25, -0.2) is 18.7 Å². The highest BCUT2D eigenvalue weighted by molar-refractivity contribution is 5.94. The van der Waals surface area contributed by atoms with Crippen LogP contribution in [0.15, 0.2) is 85.5 Å². The van der Waals surface area contributed by atoms with Gasteiger partial charge < -0.3 is 14.6 Å². The molecule has 15 heteroatoms. The summed E-state index contributed by atoms with van der Waals surface area (Å²) in [6.45, 7) is -0.0614. The SMILES string of the molecule is COc1ccc(-c2cnc3cc4cn(CC(=O)O)nc4cc3n2)cc1F.COc1ccc(-c2cnc3cc4cnn(CC#N)c4cc3n2)cc1F. The molecule has 1 N–H and O–H groups in total.